The van der Waals surface area contributed by atoms with Crippen LogP contribution in [-0.2, 0) is 5.60 Å². The monoisotopic (exact) mass is 399 g/mol. The number of nitrogens with zero attached hydrogens (tertiary/aromatic N) is 1. The normalized spacial score (nSPS) is 13.5. The molecule has 1 heterocycles. The zero-order valence-electron chi connectivity index (χ0n) is 12.7. The van der Waals surface area contributed by atoms with E-state index in [1.165, 1.54) is 19.2 Å². The highest BCUT2D eigenvalue weighted by Gasteiger charge is 2.31. The average Bonchev–Trinajstić information content (AvgIpc) is 2.55. The lowest BCUT2D eigenvalue weighted by molar-refractivity contribution is 0.0999. The highest BCUT2D eigenvalue weighted by Crippen LogP contribution is 2.35. The van der Waals surface area contributed by atoms with Gasteiger partial charge in [-0.25, -0.2) is 9.37 Å². The van der Waals surface area contributed by atoms with Crippen LogP contribution >= 0.6 is 27.5 Å². The van der Waals surface area contributed by atoms with Crippen LogP contribution in [-0.4, -0.2) is 22.5 Å². The second-order valence-electron chi connectivity index (χ2n) is 5.15. The van der Waals surface area contributed by atoms with Gasteiger partial charge in [0.25, 0.3) is 0 Å². The first-order valence-corrected chi connectivity index (χ1v) is 8.28. The van der Waals surface area contributed by atoms with Crippen molar-refractivity contribution in [3.8, 4) is 17.0 Å². The van der Waals surface area contributed by atoms with Gasteiger partial charge in [0, 0.05) is 10.9 Å². The number of aromatic nitrogens is 1. The highest BCUT2D eigenvalue weighted by atomic mass is 79.9. The first-order chi connectivity index (χ1) is 10.8. The number of halogens is 3. The largest absolute Gasteiger partial charge is 0.494 e. The molecule has 0 amide bonds. The molecule has 1 unspecified atom stereocenters. The predicted octanol–water partition coefficient (Wildman–Crippen LogP) is 4.71. The van der Waals surface area contributed by atoms with Gasteiger partial charge in [0.1, 0.15) is 22.9 Å². The molecule has 6 heteroatoms. The van der Waals surface area contributed by atoms with E-state index in [1.807, 2.05) is 0 Å². The van der Waals surface area contributed by atoms with Gasteiger partial charge in [0.05, 0.1) is 17.8 Å². The molecule has 1 aromatic carbocycles. The number of pyridine rings is 1. The third-order valence-corrected chi connectivity index (χ3v) is 4.70. The Labute approximate surface area is 147 Å². The summed E-state index contributed by atoms with van der Waals surface area (Å²) in [4.78, 5) is 4.50. The summed E-state index contributed by atoms with van der Waals surface area (Å²) in [5.41, 5.74) is 0.708. The number of aliphatic hydroxyl groups is 1. The summed E-state index contributed by atoms with van der Waals surface area (Å²) in [5, 5.41) is 11.0. The summed E-state index contributed by atoms with van der Waals surface area (Å²) in [5.74, 6) is -0.0144. The third kappa shape index (κ3) is 3.42. The Hall–Kier alpha value is -1.43. The maximum Gasteiger partial charge on any atom is 0.145 e. The molecule has 0 saturated carbocycles. The lowest BCUT2D eigenvalue weighted by atomic mass is 9.93. The Morgan fingerprint density at radius 3 is 2.65 bits per heavy atom. The van der Waals surface area contributed by atoms with Crippen molar-refractivity contribution in [2.45, 2.75) is 12.5 Å². The molecular formula is C17H16BrClFNO2. The van der Waals surface area contributed by atoms with Crippen LogP contribution in [0, 0.1) is 5.82 Å². The van der Waals surface area contributed by atoms with Crippen LogP contribution in [0.4, 0.5) is 4.39 Å². The number of hydrogen-bond acceptors (Lipinski definition) is 3. The lowest BCUT2D eigenvalue weighted by Gasteiger charge is -2.26. The molecule has 0 saturated heterocycles. The topological polar surface area (TPSA) is 42.4 Å². The van der Waals surface area contributed by atoms with Gasteiger partial charge >= 0.3 is 0 Å². The molecule has 1 atom stereocenters. The van der Waals surface area contributed by atoms with Gasteiger partial charge in [-0.3, -0.25) is 0 Å². The van der Waals surface area contributed by atoms with Crippen molar-refractivity contribution in [1.82, 2.24) is 4.98 Å². The van der Waals surface area contributed by atoms with Gasteiger partial charge < -0.3 is 9.84 Å². The summed E-state index contributed by atoms with van der Waals surface area (Å²) >= 11 is 9.15. The van der Waals surface area contributed by atoms with Crippen molar-refractivity contribution in [1.29, 1.82) is 0 Å². The highest BCUT2D eigenvalue weighted by molar-refractivity contribution is 9.09. The third-order valence-electron chi connectivity index (χ3n) is 3.59. The van der Waals surface area contributed by atoms with Crippen molar-refractivity contribution in [2.75, 3.05) is 12.4 Å². The lowest BCUT2D eigenvalue weighted by Crippen LogP contribution is -2.30. The van der Waals surface area contributed by atoms with Crippen LogP contribution in [0.5, 0.6) is 5.75 Å². The van der Waals surface area contributed by atoms with Gasteiger partial charge in [0.15, 0.2) is 0 Å². The standard InChI is InChI=1S/C17H16BrClFNO2/c1-10(2)17(22,9-18)15-7-6-14(23-3)16(21-15)11-4-5-13(20)12(19)8-11/h4-8,22H,1,9H2,2-3H3. The van der Waals surface area contributed by atoms with Crippen LogP contribution in [0.3, 0.4) is 0 Å². The van der Waals surface area contributed by atoms with E-state index in [4.69, 9.17) is 16.3 Å². The fraction of sp³-hybridized carbons (Fsp3) is 0.235. The molecule has 1 N–H and O–H groups in total. The molecule has 0 radical (unpaired) electrons. The van der Waals surface area contributed by atoms with Gasteiger partial charge in [0.2, 0.25) is 0 Å². The summed E-state index contributed by atoms with van der Waals surface area (Å²) in [6, 6.07) is 7.67. The number of rotatable bonds is 5. The number of hydrogen-bond donors (Lipinski definition) is 1. The van der Waals surface area contributed by atoms with E-state index in [1.54, 1.807) is 25.1 Å². The number of benzene rings is 1. The van der Waals surface area contributed by atoms with Crippen molar-refractivity contribution in [3.05, 3.63) is 59.0 Å². The summed E-state index contributed by atoms with van der Waals surface area (Å²) in [7, 11) is 1.51. The Bertz CT molecular complexity index is 753. The Kier molecular flexibility index (Phi) is 5.45. The molecule has 0 aliphatic rings. The number of ether oxygens (including phenoxy) is 1. The van der Waals surface area contributed by atoms with Crippen LogP contribution in [0.2, 0.25) is 5.02 Å². The second-order valence-corrected chi connectivity index (χ2v) is 6.12. The molecule has 2 aromatic rings. The van der Waals surface area contributed by atoms with Crippen LogP contribution in [0.1, 0.15) is 12.6 Å². The first kappa shape index (κ1) is 17.9. The zero-order chi connectivity index (χ0) is 17.2. The van der Waals surface area contributed by atoms with Gasteiger partial charge in [-0.1, -0.05) is 34.1 Å². The van der Waals surface area contributed by atoms with Crippen molar-refractivity contribution < 1.29 is 14.2 Å². The number of alkyl halides is 1. The van der Waals surface area contributed by atoms with Crippen LogP contribution in [0.15, 0.2) is 42.5 Å². The molecule has 0 bridgehead atoms. The molecule has 0 aliphatic heterocycles. The number of methoxy groups -OCH3 is 1. The summed E-state index contributed by atoms with van der Waals surface area (Å²) in [6.07, 6.45) is 0. The van der Waals surface area contributed by atoms with E-state index in [-0.39, 0.29) is 10.4 Å². The molecule has 0 aliphatic carbocycles. The molecule has 2 rings (SSSR count). The van der Waals surface area contributed by atoms with E-state index >= 15 is 0 Å². The summed E-state index contributed by atoms with van der Waals surface area (Å²) < 4.78 is 18.7. The van der Waals surface area contributed by atoms with E-state index in [0.29, 0.717) is 28.3 Å². The van der Waals surface area contributed by atoms with Crippen molar-refractivity contribution >= 4 is 27.5 Å². The van der Waals surface area contributed by atoms with E-state index < -0.39 is 11.4 Å². The zero-order valence-corrected chi connectivity index (χ0v) is 15.1. The van der Waals surface area contributed by atoms with E-state index in [0.717, 1.165) is 0 Å². The fourth-order valence-corrected chi connectivity index (χ4v) is 3.04. The van der Waals surface area contributed by atoms with Crippen molar-refractivity contribution in [2.24, 2.45) is 0 Å². The SMILES string of the molecule is C=C(C)C(O)(CBr)c1ccc(OC)c(-c2ccc(F)c(Cl)c2)n1. The Balaban J connectivity index is 2.64. The maximum atomic E-state index is 13.4. The Morgan fingerprint density at radius 1 is 1.43 bits per heavy atom. The quantitative estimate of drug-likeness (QED) is 0.584. The molecule has 0 fully saturated rings. The molecule has 1 aromatic heterocycles. The van der Waals surface area contributed by atoms with E-state index in [9.17, 15) is 9.50 Å². The van der Waals surface area contributed by atoms with Gasteiger partial charge in [-0.05, 0) is 42.8 Å². The van der Waals surface area contributed by atoms with Crippen molar-refractivity contribution in [3.63, 3.8) is 0 Å². The second kappa shape index (κ2) is 6.99. The molecule has 23 heavy (non-hydrogen) atoms. The minimum atomic E-state index is -1.31. The Morgan fingerprint density at radius 2 is 2.13 bits per heavy atom. The summed E-state index contributed by atoms with van der Waals surface area (Å²) in [6.45, 7) is 5.55. The molecule has 0 spiro atoms. The average molecular weight is 401 g/mol. The van der Waals surface area contributed by atoms with Crippen LogP contribution in [0.25, 0.3) is 11.3 Å². The van der Waals surface area contributed by atoms with E-state index in [2.05, 4.69) is 27.5 Å². The van der Waals surface area contributed by atoms with Gasteiger partial charge in [-0.15, -0.1) is 0 Å². The smallest absolute Gasteiger partial charge is 0.145 e. The maximum absolute atomic E-state index is 13.4. The van der Waals surface area contributed by atoms with Gasteiger partial charge in [-0.2, -0.15) is 0 Å². The molecule has 122 valence electrons. The predicted molar refractivity (Wildman–Crippen MR) is 93.7 cm³/mol. The molecular weight excluding hydrogens is 385 g/mol. The fourth-order valence-electron chi connectivity index (χ4n) is 2.09. The van der Waals surface area contributed by atoms with Crippen LogP contribution < -0.4 is 4.74 Å². The minimum Gasteiger partial charge on any atom is -0.494 e. The minimum absolute atomic E-state index is 0.00703. The first-order valence-electron chi connectivity index (χ1n) is 6.78. The molecule has 3 nitrogen and oxygen atoms in total.